The number of carbonyl (C=O) groups excluding carboxylic acids is 1. The highest BCUT2D eigenvalue weighted by Crippen LogP contribution is 2.22. The van der Waals surface area contributed by atoms with E-state index in [0.29, 0.717) is 6.54 Å². The predicted molar refractivity (Wildman–Crippen MR) is 83.0 cm³/mol. The SMILES string of the molecule is CCN(C(=O)C(C)(C)N1CCNCC1)c1ccccc1. The highest BCUT2D eigenvalue weighted by molar-refractivity contribution is 5.99. The Morgan fingerprint density at radius 3 is 2.40 bits per heavy atom. The fourth-order valence-electron chi connectivity index (χ4n) is 2.74. The van der Waals surface area contributed by atoms with E-state index in [-0.39, 0.29) is 5.91 Å². The molecule has 1 amide bonds. The molecule has 0 bridgehead atoms. The number of carbonyl (C=O) groups is 1. The molecule has 1 fully saturated rings. The molecule has 0 aromatic heterocycles. The number of benzene rings is 1. The first-order valence-electron chi connectivity index (χ1n) is 7.40. The lowest BCUT2D eigenvalue weighted by atomic mass is 9.99. The van der Waals surface area contributed by atoms with Gasteiger partial charge in [-0.05, 0) is 32.9 Å². The minimum absolute atomic E-state index is 0.174. The van der Waals surface area contributed by atoms with Gasteiger partial charge in [0.25, 0.3) is 0 Å². The Morgan fingerprint density at radius 2 is 1.85 bits per heavy atom. The van der Waals surface area contributed by atoms with Crippen molar-refractivity contribution in [3.05, 3.63) is 30.3 Å². The highest BCUT2D eigenvalue weighted by atomic mass is 16.2. The normalized spacial score (nSPS) is 16.9. The van der Waals surface area contributed by atoms with Gasteiger partial charge in [-0.2, -0.15) is 0 Å². The summed E-state index contributed by atoms with van der Waals surface area (Å²) in [5, 5.41) is 3.33. The summed E-state index contributed by atoms with van der Waals surface area (Å²) in [5.41, 5.74) is 0.511. The van der Waals surface area contributed by atoms with Gasteiger partial charge < -0.3 is 10.2 Å². The number of likely N-dealkylation sites (N-methyl/N-ethyl adjacent to an activating group) is 1. The Kier molecular flexibility index (Phi) is 4.78. The zero-order valence-electron chi connectivity index (χ0n) is 12.7. The number of nitrogens with zero attached hydrogens (tertiary/aromatic N) is 2. The summed E-state index contributed by atoms with van der Waals surface area (Å²) < 4.78 is 0. The van der Waals surface area contributed by atoms with Crippen molar-refractivity contribution in [2.24, 2.45) is 0 Å². The first kappa shape index (κ1) is 15.0. The number of anilines is 1. The van der Waals surface area contributed by atoms with Crippen LogP contribution >= 0.6 is 0 Å². The van der Waals surface area contributed by atoms with E-state index in [0.717, 1.165) is 31.9 Å². The van der Waals surface area contributed by atoms with Crippen LogP contribution in [0.1, 0.15) is 20.8 Å². The molecule has 1 aromatic rings. The molecule has 0 radical (unpaired) electrons. The minimum Gasteiger partial charge on any atom is -0.314 e. The van der Waals surface area contributed by atoms with Gasteiger partial charge in [0.15, 0.2) is 0 Å². The highest BCUT2D eigenvalue weighted by Gasteiger charge is 2.38. The van der Waals surface area contributed by atoms with Crippen LogP contribution in [0.25, 0.3) is 0 Å². The number of nitrogens with one attached hydrogen (secondary N) is 1. The monoisotopic (exact) mass is 275 g/mol. The Labute approximate surface area is 121 Å². The fraction of sp³-hybridized carbons (Fsp3) is 0.562. The fourth-order valence-corrected chi connectivity index (χ4v) is 2.74. The molecule has 0 unspecified atom stereocenters. The maximum Gasteiger partial charge on any atom is 0.246 e. The van der Waals surface area contributed by atoms with E-state index in [1.807, 2.05) is 56.0 Å². The largest absolute Gasteiger partial charge is 0.314 e. The maximum atomic E-state index is 13.0. The van der Waals surface area contributed by atoms with Crippen LogP contribution in [0.4, 0.5) is 5.69 Å². The molecule has 1 N–H and O–H groups in total. The van der Waals surface area contributed by atoms with E-state index in [2.05, 4.69) is 10.2 Å². The smallest absolute Gasteiger partial charge is 0.246 e. The van der Waals surface area contributed by atoms with Gasteiger partial charge in [0, 0.05) is 38.4 Å². The van der Waals surface area contributed by atoms with Crippen molar-refractivity contribution in [1.29, 1.82) is 0 Å². The number of amides is 1. The van der Waals surface area contributed by atoms with Gasteiger partial charge in [0.1, 0.15) is 0 Å². The molecule has 1 aliphatic heterocycles. The van der Waals surface area contributed by atoms with E-state index >= 15 is 0 Å². The summed E-state index contributed by atoms with van der Waals surface area (Å²) in [7, 11) is 0. The van der Waals surface area contributed by atoms with E-state index in [1.54, 1.807) is 0 Å². The zero-order valence-corrected chi connectivity index (χ0v) is 12.7. The number of para-hydroxylation sites is 1. The molecule has 4 heteroatoms. The Balaban J connectivity index is 2.18. The topological polar surface area (TPSA) is 35.6 Å². The summed E-state index contributed by atoms with van der Waals surface area (Å²) >= 11 is 0. The van der Waals surface area contributed by atoms with E-state index in [4.69, 9.17) is 0 Å². The van der Waals surface area contributed by atoms with Crippen LogP contribution in [0, 0.1) is 0 Å². The molecular weight excluding hydrogens is 250 g/mol. The molecule has 0 aliphatic carbocycles. The first-order chi connectivity index (χ1) is 9.57. The van der Waals surface area contributed by atoms with Crippen LogP contribution in [0.3, 0.4) is 0 Å². The van der Waals surface area contributed by atoms with Gasteiger partial charge >= 0.3 is 0 Å². The number of hydrogen-bond donors (Lipinski definition) is 1. The van der Waals surface area contributed by atoms with E-state index in [1.165, 1.54) is 0 Å². The lowest BCUT2D eigenvalue weighted by Crippen LogP contribution is -2.60. The molecular formula is C16H25N3O. The summed E-state index contributed by atoms with van der Waals surface area (Å²) in [4.78, 5) is 17.1. The van der Waals surface area contributed by atoms with Crippen LogP contribution in [0.15, 0.2) is 30.3 Å². The van der Waals surface area contributed by atoms with Crippen molar-refractivity contribution >= 4 is 11.6 Å². The Bertz CT molecular complexity index is 438. The lowest BCUT2D eigenvalue weighted by molar-refractivity contribution is -0.129. The van der Waals surface area contributed by atoms with Crippen LogP contribution < -0.4 is 10.2 Å². The van der Waals surface area contributed by atoms with Crippen molar-refractivity contribution in [3.63, 3.8) is 0 Å². The van der Waals surface area contributed by atoms with Crippen molar-refractivity contribution in [2.45, 2.75) is 26.3 Å². The van der Waals surface area contributed by atoms with Gasteiger partial charge in [0.05, 0.1) is 5.54 Å². The third-order valence-electron chi connectivity index (χ3n) is 4.06. The van der Waals surface area contributed by atoms with Crippen LogP contribution in [0.5, 0.6) is 0 Å². The number of piperazine rings is 1. The van der Waals surface area contributed by atoms with Gasteiger partial charge in [-0.15, -0.1) is 0 Å². The number of rotatable bonds is 4. The van der Waals surface area contributed by atoms with Crippen molar-refractivity contribution in [1.82, 2.24) is 10.2 Å². The molecule has 1 heterocycles. The Morgan fingerprint density at radius 1 is 1.25 bits per heavy atom. The van der Waals surface area contributed by atoms with Crippen LogP contribution in [-0.4, -0.2) is 49.1 Å². The zero-order chi connectivity index (χ0) is 14.6. The average molecular weight is 275 g/mol. The van der Waals surface area contributed by atoms with Crippen molar-refractivity contribution in [2.75, 3.05) is 37.6 Å². The second kappa shape index (κ2) is 6.37. The minimum atomic E-state index is -0.464. The molecule has 0 saturated carbocycles. The van der Waals surface area contributed by atoms with Gasteiger partial charge in [0.2, 0.25) is 5.91 Å². The van der Waals surface area contributed by atoms with E-state index < -0.39 is 5.54 Å². The van der Waals surface area contributed by atoms with E-state index in [9.17, 15) is 4.79 Å². The van der Waals surface area contributed by atoms with Crippen molar-refractivity contribution < 1.29 is 4.79 Å². The molecule has 1 aromatic carbocycles. The molecule has 4 nitrogen and oxygen atoms in total. The molecule has 0 spiro atoms. The lowest BCUT2D eigenvalue weighted by Gasteiger charge is -2.42. The summed E-state index contributed by atoms with van der Waals surface area (Å²) in [6.07, 6.45) is 0. The maximum absolute atomic E-state index is 13.0. The average Bonchev–Trinajstić information content (AvgIpc) is 2.50. The van der Waals surface area contributed by atoms with Crippen LogP contribution in [-0.2, 0) is 4.79 Å². The van der Waals surface area contributed by atoms with Gasteiger partial charge in [-0.3, -0.25) is 9.69 Å². The standard InChI is InChI=1S/C16H25N3O/c1-4-19(14-8-6-5-7-9-14)15(20)16(2,3)18-12-10-17-11-13-18/h5-9,17H,4,10-13H2,1-3H3. The molecule has 20 heavy (non-hydrogen) atoms. The first-order valence-corrected chi connectivity index (χ1v) is 7.40. The Hall–Kier alpha value is -1.39. The van der Waals surface area contributed by atoms with Crippen LogP contribution in [0.2, 0.25) is 0 Å². The second-order valence-corrected chi connectivity index (χ2v) is 5.68. The number of hydrogen-bond acceptors (Lipinski definition) is 3. The predicted octanol–water partition coefficient (Wildman–Crippen LogP) is 1.72. The third-order valence-corrected chi connectivity index (χ3v) is 4.06. The molecule has 1 saturated heterocycles. The van der Waals surface area contributed by atoms with Crippen molar-refractivity contribution in [3.8, 4) is 0 Å². The van der Waals surface area contributed by atoms with Gasteiger partial charge in [-0.25, -0.2) is 0 Å². The van der Waals surface area contributed by atoms with Gasteiger partial charge in [-0.1, -0.05) is 18.2 Å². The third kappa shape index (κ3) is 3.02. The molecule has 0 atom stereocenters. The summed E-state index contributed by atoms with van der Waals surface area (Å²) in [5.74, 6) is 0.174. The molecule has 1 aliphatic rings. The molecule has 2 rings (SSSR count). The summed E-state index contributed by atoms with van der Waals surface area (Å²) in [6.45, 7) is 10.5. The quantitative estimate of drug-likeness (QED) is 0.909. The summed E-state index contributed by atoms with van der Waals surface area (Å²) in [6, 6.07) is 9.92. The second-order valence-electron chi connectivity index (χ2n) is 5.68. The molecule has 110 valence electrons.